The lowest BCUT2D eigenvalue weighted by molar-refractivity contribution is 0.0981. The maximum atomic E-state index is 11.0. The molecule has 0 fully saturated rings. The van der Waals surface area contributed by atoms with Gasteiger partial charge in [0.2, 0.25) is 5.78 Å². The van der Waals surface area contributed by atoms with Crippen LogP contribution in [0.2, 0.25) is 0 Å². The molecule has 0 bridgehead atoms. The summed E-state index contributed by atoms with van der Waals surface area (Å²) >= 11 is 0. The Morgan fingerprint density at radius 3 is 2.73 bits per heavy atom. The van der Waals surface area contributed by atoms with Crippen molar-refractivity contribution in [3.05, 3.63) is 24.1 Å². The molecule has 0 aliphatic rings. The van der Waals surface area contributed by atoms with E-state index in [1.807, 2.05) is 18.0 Å². The number of carbonyl (C=O) groups excluding carboxylic acids is 1. The number of nitrogens with zero attached hydrogens (tertiary/aromatic N) is 5. The second-order valence-corrected chi connectivity index (χ2v) is 4.74. The summed E-state index contributed by atoms with van der Waals surface area (Å²) in [7, 11) is 1.95. The van der Waals surface area contributed by atoms with Gasteiger partial charge in [-0.3, -0.25) is 4.79 Å². The summed E-state index contributed by atoms with van der Waals surface area (Å²) in [5.74, 6) is -0.481. The first-order valence-corrected chi connectivity index (χ1v) is 6.81. The number of phenols is 1. The SMILES string of the molecule is CCCN(C)c1ccc(N=Nc2nnc(C(C)=O)o2)c(O)c1. The molecule has 0 aliphatic carbocycles. The molecule has 0 saturated carbocycles. The van der Waals surface area contributed by atoms with Crippen molar-refractivity contribution >= 4 is 23.2 Å². The van der Waals surface area contributed by atoms with Gasteiger partial charge < -0.3 is 14.4 Å². The van der Waals surface area contributed by atoms with Crippen molar-refractivity contribution in [3.63, 3.8) is 0 Å². The number of rotatable bonds is 6. The summed E-state index contributed by atoms with van der Waals surface area (Å²) in [4.78, 5) is 13.1. The quantitative estimate of drug-likeness (QED) is 0.649. The lowest BCUT2D eigenvalue weighted by Crippen LogP contribution is -2.17. The minimum absolute atomic E-state index is 0.00416. The van der Waals surface area contributed by atoms with Crippen LogP contribution >= 0.6 is 0 Å². The van der Waals surface area contributed by atoms with Crippen LogP contribution in [-0.2, 0) is 0 Å². The van der Waals surface area contributed by atoms with Gasteiger partial charge in [0.1, 0.15) is 11.4 Å². The number of azo groups is 1. The van der Waals surface area contributed by atoms with E-state index in [0.717, 1.165) is 18.7 Å². The number of ketones is 1. The molecule has 0 saturated heterocycles. The van der Waals surface area contributed by atoms with Gasteiger partial charge in [-0.2, -0.15) is 0 Å². The molecule has 1 heterocycles. The first-order chi connectivity index (χ1) is 10.5. The van der Waals surface area contributed by atoms with Crippen molar-refractivity contribution in [1.82, 2.24) is 10.2 Å². The average Bonchev–Trinajstić information content (AvgIpc) is 2.95. The Morgan fingerprint density at radius 1 is 1.36 bits per heavy atom. The molecule has 0 atom stereocenters. The molecule has 2 aromatic rings. The van der Waals surface area contributed by atoms with Crippen molar-refractivity contribution in [3.8, 4) is 5.75 Å². The lowest BCUT2D eigenvalue weighted by atomic mass is 10.2. The van der Waals surface area contributed by atoms with Crippen LogP contribution in [0.3, 0.4) is 0 Å². The maximum absolute atomic E-state index is 11.0. The Labute approximate surface area is 127 Å². The number of anilines is 1. The Kier molecular flexibility index (Phi) is 4.82. The fraction of sp³-hybridized carbons (Fsp3) is 0.357. The molecule has 0 spiro atoms. The van der Waals surface area contributed by atoms with Crippen LogP contribution in [-0.4, -0.2) is 34.7 Å². The Morgan fingerprint density at radius 2 is 2.14 bits per heavy atom. The standard InChI is InChI=1S/C14H17N5O3/c1-4-7-19(3)10-5-6-11(12(21)8-10)15-17-14-18-16-13(22-14)9(2)20/h5-6,8,21H,4,7H2,1-3H3. The van der Waals surface area contributed by atoms with Crippen molar-refractivity contribution < 1.29 is 14.3 Å². The van der Waals surface area contributed by atoms with Gasteiger partial charge in [0.05, 0.1) is 0 Å². The number of benzene rings is 1. The van der Waals surface area contributed by atoms with Gasteiger partial charge in [-0.1, -0.05) is 17.1 Å². The Bertz CT molecular complexity index is 696. The van der Waals surface area contributed by atoms with Crippen LogP contribution in [0, 0.1) is 0 Å². The van der Waals surface area contributed by atoms with Gasteiger partial charge in [0, 0.05) is 32.3 Å². The first-order valence-electron chi connectivity index (χ1n) is 6.81. The van der Waals surface area contributed by atoms with Crippen molar-refractivity contribution in [1.29, 1.82) is 0 Å². The van der Waals surface area contributed by atoms with Crippen LogP contribution in [0.4, 0.5) is 17.4 Å². The first kappa shape index (κ1) is 15.6. The summed E-state index contributed by atoms with van der Waals surface area (Å²) in [6, 6.07) is 4.94. The van der Waals surface area contributed by atoms with E-state index in [-0.39, 0.29) is 29.1 Å². The number of hydrogen-bond acceptors (Lipinski definition) is 8. The zero-order chi connectivity index (χ0) is 16.1. The number of aromatic nitrogens is 2. The third-order valence-electron chi connectivity index (χ3n) is 2.92. The molecule has 1 aromatic carbocycles. The smallest absolute Gasteiger partial charge is 0.362 e. The molecule has 0 aliphatic heterocycles. The second kappa shape index (κ2) is 6.79. The van der Waals surface area contributed by atoms with Gasteiger partial charge in [0.15, 0.2) is 0 Å². The van der Waals surface area contributed by atoms with Crippen LogP contribution in [0.5, 0.6) is 5.75 Å². The summed E-state index contributed by atoms with van der Waals surface area (Å²) in [5, 5.41) is 24.6. The predicted molar refractivity (Wildman–Crippen MR) is 80.1 cm³/mol. The maximum Gasteiger partial charge on any atom is 0.362 e. The highest BCUT2D eigenvalue weighted by Crippen LogP contribution is 2.31. The van der Waals surface area contributed by atoms with E-state index in [2.05, 4.69) is 27.3 Å². The molecular formula is C14H17N5O3. The molecular weight excluding hydrogens is 286 g/mol. The number of phenolic OH excluding ortho intramolecular Hbond substituents is 1. The normalized spacial score (nSPS) is 11.0. The molecule has 0 radical (unpaired) electrons. The minimum atomic E-state index is -0.347. The monoisotopic (exact) mass is 303 g/mol. The molecule has 1 aromatic heterocycles. The van der Waals surface area contributed by atoms with E-state index in [9.17, 15) is 9.90 Å². The molecule has 116 valence electrons. The topological polar surface area (TPSA) is 104 Å². The molecule has 2 rings (SSSR count). The fourth-order valence-electron chi connectivity index (χ4n) is 1.79. The number of Topliss-reactive ketones (excluding diaryl/α,β-unsaturated/α-hetero) is 1. The lowest BCUT2D eigenvalue weighted by Gasteiger charge is -2.18. The zero-order valence-electron chi connectivity index (χ0n) is 12.6. The predicted octanol–water partition coefficient (Wildman–Crippen LogP) is 3.24. The number of aromatic hydroxyl groups is 1. The van der Waals surface area contributed by atoms with Crippen LogP contribution < -0.4 is 4.90 Å². The van der Waals surface area contributed by atoms with Gasteiger partial charge in [-0.05, 0) is 18.6 Å². The second-order valence-electron chi connectivity index (χ2n) is 4.74. The summed E-state index contributed by atoms with van der Waals surface area (Å²) < 4.78 is 4.98. The highest BCUT2D eigenvalue weighted by molar-refractivity contribution is 5.89. The Balaban J connectivity index is 2.15. The molecule has 0 amide bonds. The number of hydrogen-bond donors (Lipinski definition) is 1. The van der Waals surface area contributed by atoms with Crippen molar-refractivity contribution in [2.24, 2.45) is 10.2 Å². The van der Waals surface area contributed by atoms with E-state index in [0.29, 0.717) is 0 Å². The minimum Gasteiger partial charge on any atom is -0.506 e. The average molecular weight is 303 g/mol. The van der Waals surface area contributed by atoms with E-state index in [1.165, 1.54) is 6.92 Å². The highest BCUT2D eigenvalue weighted by atomic mass is 16.4. The number of carbonyl (C=O) groups is 1. The fourth-order valence-corrected chi connectivity index (χ4v) is 1.79. The van der Waals surface area contributed by atoms with E-state index >= 15 is 0 Å². The van der Waals surface area contributed by atoms with Gasteiger partial charge >= 0.3 is 6.01 Å². The molecule has 0 unspecified atom stereocenters. The molecule has 22 heavy (non-hydrogen) atoms. The van der Waals surface area contributed by atoms with Crippen molar-refractivity contribution in [2.45, 2.75) is 20.3 Å². The Hall–Kier alpha value is -2.77. The highest BCUT2D eigenvalue weighted by Gasteiger charge is 2.10. The van der Waals surface area contributed by atoms with Gasteiger partial charge in [-0.15, -0.1) is 10.2 Å². The summed E-state index contributed by atoms with van der Waals surface area (Å²) in [5.41, 5.74) is 1.16. The van der Waals surface area contributed by atoms with Gasteiger partial charge in [0.25, 0.3) is 5.89 Å². The van der Waals surface area contributed by atoms with Crippen LogP contribution in [0.15, 0.2) is 32.8 Å². The van der Waals surface area contributed by atoms with Crippen LogP contribution in [0.1, 0.15) is 31.0 Å². The third kappa shape index (κ3) is 3.66. The van der Waals surface area contributed by atoms with E-state index in [4.69, 9.17) is 4.42 Å². The largest absolute Gasteiger partial charge is 0.506 e. The van der Waals surface area contributed by atoms with Crippen molar-refractivity contribution in [2.75, 3.05) is 18.5 Å². The third-order valence-corrected chi connectivity index (χ3v) is 2.92. The van der Waals surface area contributed by atoms with Gasteiger partial charge in [-0.25, -0.2) is 0 Å². The van der Waals surface area contributed by atoms with E-state index in [1.54, 1.807) is 12.1 Å². The zero-order valence-corrected chi connectivity index (χ0v) is 12.6. The summed E-state index contributed by atoms with van der Waals surface area (Å²) in [6.45, 7) is 4.28. The van der Waals surface area contributed by atoms with Crippen LogP contribution in [0.25, 0.3) is 0 Å². The molecule has 8 nitrogen and oxygen atoms in total. The molecule has 8 heteroatoms. The summed E-state index contributed by atoms with van der Waals surface area (Å²) in [6.07, 6.45) is 1.01. The molecule has 1 N–H and O–H groups in total. The van der Waals surface area contributed by atoms with E-state index < -0.39 is 0 Å².